The molecule has 0 unspecified atom stereocenters. The first-order chi connectivity index (χ1) is 10.0. The zero-order valence-electron chi connectivity index (χ0n) is 11.0. The second-order valence-corrected chi connectivity index (χ2v) is 6.91. The van der Waals surface area contributed by atoms with E-state index in [0.29, 0.717) is 27.0 Å². The first kappa shape index (κ1) is 15.3. The van der Waals surface area contributed by atoms with Crippen molar-refractivity contribution in [3.8, 4) is 0 Å². The Morgan fingerprint density at radius 2 is 1.48 bits per heavy atom. The topological polar surface area (TPSA) is 12.0 Å². The van der Waals surface area contributed by atoms with E-state index in [1.165, 1.54) is 5.56 Å². The Labute approximate surface area is 144 Å². The summed E-state index contributed by atoms with van der Waals surface area (Å²) in [5.41, 5.74) is 2.05. The lowest BCUT2D eigenvalue weighted by Crippen LogP contribution is -2.34. The molecule has 0 atom stereocenters. The second kappa shape index (κ2) is 6.26. The Kier molecular flexibility index (Phi) is 4.56. The molecule has 0 spiro atoms. The van der Waals surface area contributed by atoms with Gasteiger partial charge in [-0.2, -0.15) is 0 Å². The van der Waals surface area contributed by atoms with Crippen LogP contribution in [-0.4, -0.2) is 6.04 Å². The molecular formula is C16H13Cl4N. The van der Waals surface area contributed by atoms with Crippen LogP contribution in [0.15, 0.2) is 36.4 Å². The maximum absolute atomic E-state index is 6.23. The summed E-state index contributed by atoms with van der Waals surface area (Å²) in [5.74, 6) is 0.498. The van der Waals surface area contributed by atoms with Gasteiger partial charge in [0.2, 0.25) is 0 Å². The van der Waals surface area contributed by atoms with Crippen LogP contribution in [0.1, 0.15) is 24.3 Å². The molecule has 2 aromatic rings. The lowest BCUT2D eigenvalue weighted by Gasteiger charge is -2.37. The van der Waals surface area contributed by atoms with Crippen molar-refractivity contribution in [2.45, 2.75) is 24.8 Å². The maximum atomic E-state index is 6.23. The van der Waals surface area contributed by atoms with Crippen molar-refractivity contribution in [1.29, 1.82) is 0 Å². The fourth-order valence-electron chi connectivity index (χ4n) is 2.65. The molecule has 2 aromatic carbocycles. The largest absolute Gasteiger partial charge is 0.381 e. The van der Waals surface area contributed by atoms with Crippen LogP contribution in [0.5, 0.6) is 0 Å². The van der Waals surface area contributed by atoms with Gasteiger partial charge in [-0.25, -0.2) is 0 Å². The average molecular weight is 361 g/mol. The monoisotopic (exact) mass is 359 g/mol. The van der Waals surface area contributed by atoms with E-state index < -0.39 is 0 Å². The van der Waals surface area contributed by atoms with E-state index >= 15 is 0 Å². The number of hydrogen-bond acceptors (Lipinski definition) is 1. The number of benzene rings is 2. The van der Waals surface area contributed by atoms with Crippen LogP contribution < -0.4 is 5.32 Å². The summed E-state index contributed by atoms with van der Waals surface area (Å²) >= 11 is 24.4. The van der Waals surface area contributed by atoms with Gasteiger partial charge in [0.1, 0.15) is 0 Å². The van der Waals surface area contributed by atoms with Crippen LogP contribution in [0.25, 0.3) is 0 Å². The molecule has 1 nitrogen and oxygen atoms in total. The predicted molar refractivity (Wildman–Crippen MR) is 92.3 cm³/mol. The highest BCUT2D eigenvalue weighted by molar-refractivity contribution is 6.44. The number of halogens is 4. The maximum Gasteiger partial charge on any atom is 0.0653 e. The van der Waals surface area contributed by atoms with Crippen molar-refractivity contribution in [1.82, 2.24) is 0 Å². The Bertz CT molecular complexity index is 665. The second-order valence-electron chi connectivity index (χ2n) is 5.28. The third-order valence-electron chi connectivity index (χ3n) is 3.85. The Hall–Kier alpha value is -0.600. The smallest absolute Gasteiger partial charge is 0.0653 e. The molecule has 0 saturated heterocycles. The molecule has 110 valence electrons. The zero-order chi connectivity index (χ0) is 15.0. The van der Waals surface area contributed by atoms with E-state index in [0.717, 1.165) is 23.6 Å². The van der Waals surface area contributed by atoms with Gasteiger partial charge in [0.15, 0.2) is 0 Å². The van der Waals surface area contributed by atoms with Gasteiger partial charge in [-0.15, -0.1) is 0 Å². The van der Waals surface area contributed by atoms with Gasteiger partial charge in [-0.3, -0.25) is 0 Å². The molecule has 1 N–H and O–H groups in total. The summed E-state index contributed by atoms with van der Waals surface area (Å²) in [6, 6.07) is 11.8. The minimum atomic E-state index is 0.376. The molecule has 0 radical (unpaired) electrons. The Morgan fingerprint density at radius 1 is 0.810 bits per heavy atom. The molecule has 1 saturated carbocycles. The summed E-state index contributed by atoms with van der Waals surface area (Å²) < 4.78 is 0. The number of hydrogen-bond donors (Lipinski definition) is 1. The van der Waals surface area contributed by atoms with Crippen molar-refractivity contribution in [2.24, 2.45) is 0 Å². The van der Waals surface area contributed by atoms with Crippen LogP contribution in [0.3, 0.4) is 0 Å². The van der Waals surface area contributed by atoms with E-state index in [4.69, 9.17) is 46.4 Å². The van der Waals surface area contributed by atoms with Crippen LogP contribution in [0.4, 0.5) is 5.69 Å². The fourth-order valence-corrected chi connectivity index (χ4v) is 3.54. The van der Waals surface area contributed by atoms with Gasteiger partial charge in [0, 0.05) is 11.1 Å². The van der Waals surface area contributed by atoms with Crippen molar-refractivity contribution in [3.05, 3.63) is 62.1 Å². The predicted octanol–water partition coefficient (Wildman–Crippen LogP) is 6.66. The lowest BCUT2D eigenvalue weighted by molar-refractivity contribution is 0.374. The third-order valence-corrected chi connectivity index (χ3v) is 5.23. The van der Waals surface area contributed by atoms with Crippen LogP contribution in [0.2, 0.25) is 20.1 Å². The van der Waals surface area contributed by atoms with Crippen molar-refractivity contribution >= 4 is 52.1 Å². The average Bonchev–Trinajstić information content (AvgIpc) is 2.40. The summed E-state index contributed by atoms with van der Waals surface area (Å²) in [6.07, 6.45) is 2.06. The third kappa shape index (κ3) is 3.27. The fraction of sp³-hybridized carbons (Fsp3) is 0.250. The van der Waals surface area contributed by atoms with Crippen molar-refractivity contribution in [2.75, 3.05) is 5.32 Å². The van der Waals surface area contributed by atoms with Gasteiger partial charge < -0.3 is 5.32 Å². The van der Waals surface area contributed by atoms with E-state index in [9.17, 15) is 0 Å². The molecule has 0 amide bonds. The van der Waals surface area contributed by atoms with Gasteiger partial charge in [0.05, 0.1) is 20.8 Å². The number of rotatable bonds is 3. The SMILES string of the molecule is Clc1cc(Cl)c(NC2CC(c3ccccc3Cl)C2)cc1Cl. The van der Waals surface area contributed by atoms with E-state index in [1.54, 1.807) is 12.1 Å². The molecule has 5 heteroatoms. The zero-order valence-corrected chi connectivity index (χ0v) is 14.1. The summed E-state index contributed by atoms with van der Waals surface area (Å²) in [6.45, 7) is 0. The molecule has 1 fully saturated rings. The van der Waals surface area contributed by atoms with Gasteiger partial charge >= 0.3 is 0 Å². The van der Waals surface area contributed by atoms with Crippen molar-refractivity contribution in [3.63, 3.8) is 0 Å². The van der Waals surface area contributed by atoms with Crippen LogP contribution in [0, 0.1) is 0 Å². The molecule has 21 heavy (non-hydrogen) atoms. The molecule has 0 bridgehead atoms. The number of nitrogens with one attached hydrogen (secondary N) is 1. The summed E-state index contributed by atoms with van der Waals surface area (Å²) in [4.78, 5) is 0. The lowest BCUT2D eigenvalue weighted by atomic mass is 9.76. The Balaban J connectivity index is 1.65. The van der Waals surface area contributed by atoms with E-state index in [-0.39, 0.29) is 0 Å². The molecule has 1 aliphatic rings. The Morgan fingerprint density at radius 3 is 2.19 bits per heavy atom. The first-order valence-electron chi connectivity index (χ1n) is 6.70. The molecule has 0 aliphatic heterocycles. The summed E-state index contributed by atoms with van der Waals surface area (Å²) in [7, 11) is 0. The highest BCUT2D eigenvalue weighted by Crippen LogP contribution is 2.42. The van der Waals surface area contributed by atoms with Crippen LogP contribution in [-0.2, 0) is 0 Å². The molecule has 1 aliphatic carbocycles. The van der Waals surface area contributed by atoms with E-state index in [1.807, 2.05) is 18.2 Å². The normalized spacial score (nSPS) is 21.0. The molecule has 0 aromatic heterocycles. The highest BCUT2D eigenvalue weighted by atomic mass is 35.5. The molecular weight excluding hydrogens is 348 g/mol. The highest BCUT2D eigenvalue weighted by Gasteiger charge is 2.31. The minimum Gasteiger partial charge on any atom is -0.381 e. The number of anilines is 1. The minimum absolute atomic E-state index is 0.376. The standard InChI is InChI=1S/C16H13Cl4N/c17-12-4-2-1-3-11(12)9-5-10(6-9)21-16-8-14(19)13(18)7-15(16)20/h1-4,7-10,21H,5-6H2. The first-order valence-corrected chi connectivity index (χ1v) is 8.21. The molecule has 3 rings (SSSR count). The van der Waals surface area contributed by atoms with Gasteiger partial charge in [-0.05, 0) is 42.5 Å². The summed E-state index contributed by atoms with van der Waals surface area (Å²) in [5, 5.41) is 5.82. The molecule has 0 heterocycles. The quantitative estimate of drug-likeness (QED) is 0.603. The van der Waals surface area contributed by atoms with Gasteiger partial charge in [-0.1, -0.05) is 64.6 Å². The van der Waals surface area contributed by atoms with Crippen LogP contribution >= 0.6 is 46.4 Å². The van der Waals surface area contributed by atoms with Gasteiger partial charge in [0.25, 0.3) is 0 Å². The van der Waals surface area contributed by atoms with E-state index in [2.05, 4.69) is 11.4 Å². The van der Waals surface area contributed by atoms with Crippen molar-refractivity contribution < 1.29 is 0 Å².